The van der Waals surface area contributed by atoms with Crippen LogP contribution >= 0.6 is 31.9 Å². The van der Waals surface area contributed by atoms with Crippen molar-refractivity contribution in [2.45, 2.75) is 12.5 Å². The average molecular weight is 325 g/mol. The lowest BCUT2D eigenvalue weighted by atomic mass is 10.1. The van der Waals surface area contributed by atoms with Gasteiger partial charge in [0.15, 0.2) is 0 Å². The van der Waals surface area contributed by atoms with Crippen LogP contribution in [-0.2, 0) is 0 Å². The first-order valence-corrected chi connectivity index (χ1v) is 5.69. The fourth-order valence-corrected chi connectivity index (χ4v) is 2.33. The molecule has 0 saturated carbocycles. The van der Waals surface area contributed by atoms with E-state index in [-0.39, 0.29) is 18.4 Å². The number of nitrogens with two attached hydrogens (primary N) is 1. The number of rotatable bonds is 3. The fraction of sp³-hybridized carbons (Fsp3) is 0.333. The van der Waals surface area contributed by atoms with E-state index in [1.807, 2.05) is 0 Å². The van der Waals surface area contributed by atoms with Crippen LogP contribution < -0.4 is 5.73 Å². The van der Waals surface area contributed by atoms with Gasteiger partial charge in [0.05, 0.1) is 8.95 Å². The number of hydrogen-bond donors (Lipinski definition) is 3. The molecule has 1 aromatic rings. The van der Waals surface area contributed by atoms with Crippen LogP contribution in [0.4, 0.5) is 0 Å². The van der Waals surface area contributed by atoms with E-state index in [0.29, 0.717) is 15.4 Å². The molecule has 0 aliphatic heterocycles. The van der Waals surface area contributed by atoms with Crippen molar-refractivity contribution in [1.29, 1.82) is 0 Å². The van der Waals surface area contributed by atoms with Crippen LogP contribution in [0.1, 0.15) is 18.0 Å². The number of hydrogen-bond acceptors (Lipinski definition) is 3. The number of aliphatic hydroxyl groups is 1. The van der Waals surface area contributed by atoms with Crippen LogP contribution in [0.3, 0.4) is 0 Å². The summed E-state index contributed by atoms with van der Waals surface area (Å²) in [6.07, 6.45) is 0.504. The number of aliphatic hydroxyl groups excluding tert-OH is 1. The second kappa shape index (κ2) is 5.11. The Balaban J connectivity index is 3.00. The Kier molecular flexibility index (Phi) is 4.37. The maximum atomic E-state index is 9.46. The van der Waals surface area contributed by atoms with Gasteiger partial charge in [-0.3, -0.25) is 0 Å². The SMILES string of the molecule is NC(CCO)c1cc(Br)c(O)c(Br)c1. The Hall–Kier alpha value is -0.100. The Morgan fingerprint density at radius 2 is 1.79 bits per heavy atom. The van der Waals surface area contributed by atoms with Crippen molar-refractivity contribution in [1.82, 2.24) is 0 Å². The van der Waals surface area contributed by atoms with Crippen LogP contribution in [0.15, 0.2) is 21.1 Å². The van der Waals surface area contributed by atoms with Crippen LogP contribution in [0.25, 0.3) is 0 Å². The molecule has 1 unspecified atom stereocenters. The van der Waals surface area contributed by atoms with Crippen LogP contribution in [0.5, 0.6) is 5.75 Å². The lowest BCUT2D eigenvalue weighted by Gasteiger charge is -2.12. The maximum absolute atomic E-state index is 9.46. The van der Waals surface area contributed by atoms with Gasteiger partial charge in [-0.1, -0.05) is 0 Å². The largest absolute Gasteiger partial charge is 0.506 e. The van der Waals surface area contributed by atoms with Crippen LogP contribution in [0, 0.1) is 0 Å². The summed E-state index contributed by atoms with van der Waals surface area (Å²) in [6, 6.07) is 3.29. The third-order valence-corrected chi connectivity index (χ3v) is 3.12. The minimum absolute atomic E-state index is 0.0529. The van der Waals surface area contributed by atoms with E-state index in [4.69, 9.17) is 10.8 Å². The Bertz CT molecular complexity index is 308. The summed E-state index contributed by atoms with van der Waals surface area (Å²) in [5.74, 6) is 0.157. The van der Waals surface area contributed by atoms with Crippen molar-refractivity contribution < 1.29 is 10.2 Å². The quantitative estimate of drug-likeness (QED) is 0.799. The van der Waals surface area contributed by atoms with Gasteiger partial charge in [-0.25, -0.2) is 0 Å². The van der Waals surface area contributed by atoms with Crippen molar-refractivity contribution in [2.24, 2.45) is 5.73 Å². The molecule has 0 amide bonds. The van der Waals surface area contributed by atoms with Gasteiger partial charge in [0.1, 0.15) is 5.75 Å². The Morgan fingerprint density at radius 3 is 2.21 bits per heavy atom. The highest BCUT2D eigenvalue weighted by atomic mass is 79.9. The molecule has 0 bridgehead atoms. The molecule has 5 heteroatoms. The van der Waals surface area contributed by atoms with Crippen LogP contribution in [0.2, 0.25) is 0 Å². The third-order valence-electron chi connectivity index (χ3n) is 1.91. The van der Waals surface area contributed by atoms with Gasteiger partial charge in [0, 0.05) is 12.6 Å². The molecule has 0 heterocycles. The molecule has 0 aliphatic rings. The summed E-state index contributed by atoms with van der Waals surface area (Å²) < 4.78 is 1.19. The third kappa shape index (κ3) is 2.70. The van der Waals surface area contributed by atoms with Crippen molar-refractivity contribution in [3.63, 3.8) is 0 Å². The molecule has 14 heavy (non-hydrogen) atoms. The zero-order valence-electron chi connectivity index (χ0n) is 7.37. The Morgan fingerprint density at radius 1 is 1.29 bits per heavy atom. The van der Waals surface area contributed by atoms with Gasteiger partial charge in [0.2, 0.25) is 0 Å². The zero-order chi connectivity index (χ0) is 10.7. The minimum Gasteiger partial charge on any atom is -0.506 e. The maximum Gasteiger partial charge on any atom is 0.143 e. The highest BCUT2D eigenvalue weighted by Crippen LogP contribution is 2.35. The van der Waals surface area contributed by atoms with E-state index in [1.54, 1.807) is 12.1 Å². The van der Waals surface area contributed by atoms with E-state index < -0.39 is 0 Å². The number of phenolic OH excluding ortho intramolecular Hbond substituents is 1. The molecular formula is C9H11Br2NO2. The molecule has 1 atom stereocenters. The number of aromatic hydroxyl groups is 1. The smallest absolute Gasteiger partial charge is 0.143 e. The molecule has 78 valence electrons. The van der Waals surface area contributed by atoms with Gasteiger partial charge in [-0.15, -0.1) is 0 Å². The zero-order valence-corrected chi connectivity index (χ0v) is 10.5. The molecule has 0 aromatic heterocycles. The summed E-state index contributed by atoms with van der Waals surface area (Å²) in [7, 11) is 0. The number of phenols is 1. The topological polar surface area (TPSA) is 66.5 Å². The van der Waals surface area contributed by atoms with Gasteiger partial charge >= 0.3 is 0 Å². The van der Waals surface area contributed by atoms with Crippen molar-refractivity contribution >= 4 is 31.9 Å². The van der Waals surface area contributed by atoms with Crippen molar-refractivity contribution in [3.8, 4) is 5.75 Å². The molecule has 1 aromatic carbocycles. The van der Waals surface area contributed by atoms with E-state index >= 15 is 0 Å². The Labute approximate surface area is 99.2 Å². The van der Waals surface area contributed by atoms with E-state index in [2.05, 4.69) is 31.9 Å². The van der Waals surface area contributed by atoms with Gasteiger partial charge in [-0.05, 0) is 56.0 Å². The molecule has 3 nitrogen and oxygen atoms in total. The second-order valence-corrected chi connectivity index (χ2v) is 4.66. The molecule has 0 radical (unpaired) electrons. The predicted octanol–water partition coefficient (Wildman–Crippen LogP) is 2.30. The summed E-state index contributed by atoms with van der Waals surface area (Å²) >= 11 is 6.44. The molecule has 0 aliphatic carbocycles. The van der Waals surface area contributed by atoms with Crippen LogP contribution in [-0.4, -0.2) is 16.8 Å². The van der Waals surface area contributed by atoms with Gasteiger partial charge in [0.25, 0.3) is 0 Å². The molecule has 0 fully saturated rings. The van der Waals surface area contributed by atoms with Gasteiger partial charge < -0.3 is 15.9 Å². The molecule has 0 spiro atoms. The second-order valence-electron chi connectivity index (χ2n) is 2.95. The lowest BCUT2D eigenvalue weighted by Crippen LogP contribution is -2.11. The molecule has 4 N–H and O–H groups in total. The normalized spacial score (nSPS) is 12.9. The first kappa shape index (κ1) is 12.0. The van der Waals surface area contributed by atoms with E-state index in [1.165, 1.54) is 0 Å². The summed E-state index contributed by atoms with van der Waals surface area (Å²) in [5, 5.41) is 18.2. The first-order valence-electron chi connectivity index (χ1n) is 4.10. The summed E-state index contributed by atoms with van der Waals surface area (Å²) in [6.45, 7) is 0.0529. The first-order chi connectivity index (χ1) is 6.56. The monoisotopic (exact) mass is 323 g/mol. The summed E-state index contributed by atoms with van der Waals surface area (Å²) in [4.78, 5) is 0. The van der Waals surface area contributed by atoms with Crippen molar-refractivity contribution in [3.05, 3.63) is 26.6 Å². The average Bonchev–Trinajstić information content (AvgIpc) is 2.13. The molecular weight excluding hydrogens is 314 g/mol. The van der Waals surface area contributed by atoms with E-state index in [9.17, 15) is 5.11 Å². The van der Waals surface area contributed by atoms with E-state index in [0.717, 1.165) is 5.56 Å². The molecule has 0 saturated heterocycles. The highest BCUT2D eigenvalue weighted by molar-refractivity contribution is 9.11. The summed E-state index contributed by atoms with van der Waals surface area (Å²) in [5.41, 5.74) is 6.68. The fourth-order valence-electron chi connectivity index (χ4n) is 1.10. The predicted molar refractivity (Wildman–Crippen MR) is 62.1 cm³/mol. The number of halogens is 2. The highest BCUT2D eigenvalue weighted by Gasteiger charge is 2.10. The minimum atomic E-state index is -0.215. The molecule has 1 rings (SSSR count). The standard InChI is InChI=1S/C9H11Br2NO2/c10-6-3-5(8(12)1-2-13)4-7(11)9(6)14/h3-4,8,13-14H,1-2,12H2. The lowest BCUT2D eigenvalue weighted by molar-refractivity contribution is 0.276. The van der Waals surface area contributed by atoms with Gasteiger partial charge in [-0.2, -0.15) is 0 Å². The number of benzene rings is 1. The van der Waals surface area contributed by atoms with Crippen molar-refractivity contribution in [2.75, 3.05) is 6.61 Å².